The van der Waals surface area contributed by atoms with Crippen molar-refractivity contribution in [1.29, 1.82) is 0 Å². The van der Waals surface area contributed by atoms with Crippen LogP contribution in [-0.2, 0) is 32.3 Å². The standard InChI is InChI=1S/C27H28N2O5/c1-19-14-26(20(2)13-22(19)15-29-34-17-23-10-7-8-12-28-23)33-16-21-9-5-6-11-24(21)25(18-31-3)27(30)32-4/h5-15,18H,16-17H2,1-4H3. The third kappa shape index (κ3) is 6.45. The summed E-state index contributed by atoms with van der Waals surface area (Å²) >= 11 is 0. The lowest BCUT2D eigenvalue weighted by atomic mass is 10.0. The summed E-state index contributed by atoms with van der Waals surface area (Å²) in [5.41, 5.74) is 5.55. The number of oxime groups is 1. The van der Waals surface area contributed by atoms with Crippen LogP contribution in [0.5, 0.6) is 5.75 Å². The Kier molecular flexibility index (Phi) is 8.80. The number of aryl methyl sites for hydroxylation is 2. The lowest BCUT2D eigenvalue weighted by Crippen LogP contribution is -2.08. The van der Waals surface area contributed by atoms with E-state index in [1.807, 2.05) is 68.4 Å². The fourth-order valence-electron chi connectivity index (χ4n) is 3.30. The molecule has 34 heavy (non-hydrogen) atoms. The zero-order valence-corrected chi connectivity index (χ0v) is 19.8. The van der Waals surface area contributed by atoms with Gasteiger partial charge in [0, 0.05) is 6.20 Å². The Morgan fingerprint density at radius 3 is 2.53 bits per heavy atom. The number of carbonyl (C=O) groups is 1. The first-order valence-corrected chi connectivity index (χ1v) is 10.7. The van der Waals surface area contributed by atoms with Crippen LogP contribution in [0, 0.1) is 13.8 Å². The minimum absolute atomic E-state index is 0.273. The van der Waals surface area contributed by atoms with Crippen LogP contribution in [0.15, 0.2) is 72.2 Å². The second-order valence-electron chi connectivity index (χ2n) is 7.51. The largest absolute Gasteiger partial charge is 0.503 e. The van der Waals surface area contributed by atoms with Gasteiger partial charge in [-0.1, -0.05) is 35.5 Å². The number of nitrogens with zero attached hydrogens (tertiary/aromatic N) is 2. The third-order valence-corrected chi connectivity index (χ3v) is 5.10. The quantitative estimate of drug-likeness (QED) is 0.139. The summed E-state index contributed by atoms with van der Waals surface area (Å²) in [4.78, 5) is 21.8. The Morgan fingerprint density at radius 2 is 1.79 bits per heavy atom. The van der Waals surface area contributed by atoms with Crippen molar-refractivity contribution in [2.45, 2.75) is 27.1 Å². The second-order valence-corrected chi connectivity index (χ2v) is 7.51. The molecule has 0 spiro atoms. The minimum Gasteiger partial charge on any atom is -0.503 e. The summed E-state index contributed by atoms with van der Waals surface area (Å²) in [5, 5.41) is 4.07. The van der Waals surface area contributed by atoms with Crippen LogP contribution in [0.4, 0.5) is 0 Å². The summed E-state index contributed by atoms with van der Waals surface area (Å²) < 4.78 is 16.1. The molecule has 1 aromatic heterocycles. The van der Waals surface area contributed by atoms with Gasteiger partial charge in [0.25, 0.3) is 0 Å². The van der Waals surface area contributed by atoms with Gasteiger partial charge in [-0.25, -0.2) is 4.79 Å². The van der Waals surface area contributed by atoms with Crippen molar-refractivity contribution < 1.29 is 23.8 Å². The van der Waals surface area contributed by atoms with E-state index in [0.29, 0.717) is 17.7 Å². The number of aromatic nitrogens is 1. The lowest BCUT2D eigenvalue weighted by Gasteiger charge is -2.15. The highest BCUT2D eigenvalue weighted by molar-refractivity contribution is 6.16. The molecule has 0 N–H and O–H groups in total. The number of ether oxygens (including phenoxy) is 3. The van der Waals surface area contributed by atoms with E-state index in [-0.39, 0.29) is 6.61 Å². The van der Waals surface area contributed by atoms with Crippen LogP contribution in [-0.4, -0.2) is 31.4 Å². The van der Waals surface area contributed by atoms with Crippen LogP contribution in [0.25, 0.3) is 5.57 Å². The molecule has 7 nitrogen and oxygen atoms in total. The van der Waals surface area contributed by atoms with Gasteiger partial charge < -0.3 is 19.0 Å². The molecule has 0 aliphatic rings. The number of hydrogen-bond donors (Lipinski definition) is 0. The maximum absolute atomic E-state index is 12.2. The van der Waals surface area contributed by atoms with Gasteiger partial charge in [0.2, 0.25) is 0 Å². The van der Waals surface area contributed by atoms with Crippen LogP contribution < -0.4 is 4.74 Å². The first kappa shape index (κ1) is 24.5. The molecular weight excluding hydrogens is 432 g/mol. The highest BCUT2D eigenvalue weighted by Gasteiger charge is 2.17. The summed E-state index contributed by atoms with van der Waals surface area (Å²) in [5.74, 6) is 0.268. The monoisotopic (exact) mass is 460 g/mol. The van der Waals surface area contributed by atoms with Crippen LogP contribution in [0.3, 0.4) is 0 Å². The van der Waals surface area contributed by atoms with Crippen molar-refractivity contribution >= 4 is 17.8 Å². The van der Waals surface area contributed by atoms with Crippen molar-refractivity contribution in [3.63, 3.8) is 0 Å². The van der Waals surface area contributed by atoms with E-state index in [1.165, 1.54) is 20.5 Å². The number of rotatable bonds is 10. The molecule has 0 unspecified atom stereocenters. The molecule has 0 saturated heterocycles. The lowest BCUT2D eigenvalue weighted by molar-refractivity contribution is -0.133. The Bertz CT molecular complexity index is 1170. The van der Waals surface area contributed by atoms with E-state index in [2.05, 4.69) is 10.1 Å². The van der Waals surface area contributed by atoms with Crippen LogP contribution in [0.1, 0.15) is 33.5 Å². The van der Waals surface area contributed by atoms with Gasteiger partial charge in [-0.2, -0.15) is 0 Å². The van der Waals surface area contributed by atoms with Crippen molar-refractivity contribution in [2.24, 2.45) is 5.16 Å². The number of hydrogen-bond acceptors (Lipinski definition) is 7. The molecule has 0 bridgehead atoms. The normalized spacial score (nSPS) is 11.4. The second kappa shape index (κ2) is 12.2. The van der Waals surface area contributed by atoms with Gasteiger partial charge in [-0.05, 0) is 65.9 Å². The summed E-state index contributed by atoms with van der Waals surface area (Å²) in [7, 11) is 2.83. The number of pyridine rings is 1. The molecule has 0 atom stereocenters. The molecule has 0 saturated carbocycles. The Balaban J connectivity index is 1.70. The first-order valence-electron chi connectivity index (χ1n) is 10.7. The highest BCUT2D eigenvalue weighted by Crippen LogP contribution is 2.26. The summed E-state index contributed by atoms with van der Waals surface area (Å²) in [6.45, 7) is 4.53. The van der Waals surface area contributed by atoms with Gasteiger partial charge in [0.15, 0.2) is 6.61 Å². The fraction of sp³-hybridized carbons (Fsp3) is 0.222. The molecular formula is C27H28N2O5. The SMILES string of the molecule is COC=C(C(=O)OC)c1ccccc1COc1cc(C)c(C=NOCc2ccccn2)cc1C. The van der Waals surface area contributed by atoms with Crippen molar-refractivity contribution in [3.05, 3.63) is 101 Å². The average molecular weight is 461 g/mol. The Hall–Kier alpha value is -4.13. The maximum Gasteiger partial charge on any atom is 0.341 e. The fourth-order valence-corrected chi connectivity index (χ4v) is 3.30. The van der Waals surface area contributed by atoms with Crippen molar-refractivity contribution in [3.8, 4) is 5.75 Å². The van der Waals surface area contributed by atoms with Gasteiger partial charge in [-0.15, -0.1) is 0 Å². The topological polar surface area (TPSA) is 79.2 Å². The van der Waals surface area contributed by atoms with Crippen molar-refractivity contribution in [1.82, 2.24) is 4.98 Å². The van der Waals surface area contributed by atoms with E-state index < -0.39 is 5.97 Å². The number of esters is 1. The average Bonchev–Trinajstić information content (AvgIpc) is 2.86. The zero-order valence-electron chi connectivity index (χ0n) is 19.8. The van der Waals surface area contributed by atoms with Crippen LogP contribution >= 0.6 is 0 Å². The van der Waals surface area contributed by atoms with E-state index in [1.54, 1.807) is 12.4 Å². The molecule has 0 aliphatic carbocycles. The number of carbonyl (C=O) groups excluding carboxylic acids is 1. The molecule has 2 aromatic carbocycles. The molecule has 3 aromatic rings. The van der Waals surface area contributed by atoms with E-state index >= 15 is 0 Å². The molecule has 0 aliphatic heterocycles. The molecule has 3 rings (SSSR count). The molecule has 0 radical (unpaired) electrons. The smallest absolute Gasteiger partial charge is 0.341 e. The minimum atomic E-state index is -0.477. The molecule has 0 amide bonds. The van der Waals surface area contributed by atoms with Crippen molar-refractivity contribution in [2.75, 3.05) is 14.2 Å². The van der Waals surface area contributed by atoms with E-state index in [0.717, 1.165) is 33.7 Å². The Labute approximate surface area is 199 Å². The van der Waals surface area contributed by atoms with Gasteiger partial charge >= 0.3 is 5.97 Å². The predicted octanol–water partition coefficient (Wildman–Crippen LogP) is 4.99. The van der Waals surface area contributed by atoms with Gasteiger partial charge in [0.05, 0.1) is 32.4 Å². The molecule has 0 fully saturated rings. The van der Waals surface area contributed by atoms with Gasteiger partial charge in [0.1, 0.15) is 17.9 Å². The highest BCUT2D eigenvalue weighted by atomic mass is 16.6. The first-order chi connectivity index (χ1) is 16.5. The molecule has 176 valence electrons. The molecule has 1 heterocycles. The maximum atomic E-state index is 12.2. The summed E-state index contributed by atoms with van der Waals surface area (Å²) in [6, 6.07) is 17.1. The van der Waals surface area contributed by atoms with Crippen LogP contribution in [0.2, 0.25) is 0 Å². The third-order valence-electron chi connectivity index (χ3n) is 5.10. The van der Waals surface area contributed by atoms with E-state index in [4.69, 9.17) is 19.0 Å². The van der Waals surface area contributed by atoms with Gasteiger partial charge in [-0.3, -0.25) is 4.98 Å². The zero-order chi connectivity index (χ0) is 24.3. The number of methoxy groups -OCH3 is 2. The summed E-state index contributed by atoms with van der Waals surface area (Å²) in [6.07, 6.45) is 4.78. The predicted molar refractivity (Wildman–Crippen MR) is 130 cm³/mol. The number of benzene rings is 2. The molecule has 7 heteroatoms. The van der Waals surface area contributed by atoms with E-state index in [9.17, 15) is 4.79 Å². The Morgan fingerprint density at radius 1 is 1.00 bits per heavy atom.